The minimum absolute atomic E-state index is 0.248. The van der Waals surface area contributed by atoms with Gasteiger partial charge in [0.15, 0.2) is 11.6 Å². The Morgan fingerprint density at radius 1 is 1.12 bits per heavy atom. The normalized spacial score (nSPS) is 17.5. The van der Waals surface area contributed by atoms with E-state index < -0.39 is 23.6 Å². The summed E-state index contributed by atoms with van der Waals surface area (Å²) in [7, 11) is 0. The molecule has 1 saturated heterocycles. The maximum absolute atomic E-state index is 13.9. The van der Waals surface area contributed by atoms with Crippen molar-refractivity contribution < 1.29 is 18.4 Å². The van der Waals surface area contributed by atoms with Crippen LogP contribution in [0.5, 0.6) is 0 Å². The van der Waals surface area contributed by atoms with Crippen molar-refractivity contribution in [1.82, 2.24) is 10.2 Å². The Morgan fingerprint density at radius 3 is 2.62 bits per heavy atom. The van der Waals surface area contributed by atoms with Crippen molar-refractivity contribution in [3.05, 3.63) is 71.3 Å². The highest BCUT2D eigenvalue weighted by Gasteiger charge is 2.34. The lowest BCUT2D eigenvalue weighted by Crippen LogP contribution is -2.58. The van der Waals surface area contributed by atoms with Crippen molar-refractivity contribution in [2.24, 2.45) is 0 Å². The van der Waals surface area contributed by atoms with Crippen molar-refractivity contribution in [2.45, 2.75) is 12.5 Å². The highest BCUT2D eigenvalue weighted by Crippen LogP contribution is 2.19. The molecule has 0 aliphatic carbocycles. The highest BCUT2D eigenvalue weighted by atomic mass is 19.2. The van der Waals surface area contributed by atoms with Crippen LogP contribution in [0.1, 0.15) is 15.9 Å². The maximum atomic E-state index is 13.9. The molecule has 3 rings (SSSR count). The third-order valence-electron chi connectivity index (χ3n) is 4.05. The van der Waals surface area contributed by atoms with Gasteiger partial charge in [0, 0.05) is 19.5 Å². The number of piperazine rings is 1. The largest absolute Gasteiger partial charge is 0.353 e. The molecule has 1 N–H and O–H groups in total. The van der Waals surface area contributed by atoms with Crippen molar-refractivity contribution in [1.29, 1.82) is 0 Å². The van der Waals surface area contributed by atoms with E-state index in [1.165, 1.54) is 17.0 Å². The van der Waals surface area contributed by atoms with Crippen LogP contribution < -0.4 is 5.32 Å². The predicted octanol–water partition coefficient (Wildman–Crippen LogP) is 2.15. The zero-order valence-electron chi connectivity index (χ0n) is 12.8. The topological polar surface area (TPSA) is 49.4 Å². The molecule has 24 heavy (non-hydrogen) atoms. The summed E-state index contributed by atoms with van der Waals surface area (Å²) in [4.78, 5) is 26.2. The van der Waals surface area contributed by atoms with Gasteiger partial charge in [-0.3, -0.25) is 9.59 Å². The smallest absolute Gasteiger partial charge is 0.257 e. The van der Waals surface area contributed by atoms with Gasteiger partial charge < -0.3 is 10.2 Å². The first kappa shape index (κ1) is 16.1. The third kappa shape index (κ3) is 3.13. The van der Waals surface area contributed by atoms with Gasteiger partial charge in [-0.2, -0.15) is 0 Å². The van der Waals surface area contributed by atoms with Crippen LogP contribution in [0.4, 0.5) is 8.78 Å². The first-order chi connectivity index (χ1) is 11.6. The van der Waals surface area contributed by atoms with Crippen LogP contribution >= 0.6 is 0 Å². The standard InChI is InChI=1S/C18H16F2N2O2/c19-14-8-4-7-13(16(14)20)18(24)22-10-9-21-17(23)15(22)11-12-5-2-1-3-6-12/h1-8,15H,9-11H2,(H,21,23)/t15-/m0/s1. The molecule has 1 aliphatic heterocycles. The van der Waals surface area contributed by atoms with E-state index in [0.717, 1.165) is 11.6 Å². The Kier molecular flexibility index (Phi) is 4.55. The van der Waals surface area contributed by atoms with Crippen LogP contribution in [-0.2, 0) is 11.2 Å². The molecule has 1 fully saturated rings. The van der Waals surface area contributed by atoms with E-state index in [1.807, 2.05) is 30.3 Å². The fourth-order valence-electron chi connectivity index (χ4n) is 2.82. The Balaban J connectivity index is 1.90. The number of nitrogens with one attached hydrogen (secondary N) is 1. The van der Waals surface area contributed by atoms with E-state index in [0.29, 0.717) is 6.42 Å². The van der Waals surface area contributed by atoms with Gasteiger partial charge in [0.2, 0.25) is 5.91 Å². The molecule has 2 aromatic rings. The number of nitrogens with zero attached hydrogens (tertiary/aromatic N) is 1. The number of carbonyl (C=O) groups excluding carboxylic acids is 2. The second kappa shape index (κ2) is 6.78. The number of hydrogen-bond donors (Lipinski definition) is 1. The minimum atomic E-state index is -1.19. The summed E-state index contributed by atoms with van der Waals surface area (Å²) >= 11 is 0. The second-order valence-corrected chi connectivity index (χ2v) is 5.60. The zero-order chi connectivity index (χ0) is 17.1. The molecule has 0 saturated carbocycles. The zero-order valence-corrected chi connectivity index (χ0v) is 12.8. The molecule has 0 spiro atoms. The molecule has 124 valence electrons. The fourth-order valence-corrected chi connectivity index (χ4v) is 2.82. The van der Waals surface area contributed by atoms with Crippen molar-refractivity contribution >= 4 is 11.8 Å². The molecule has 2 aromatic carbocycles. The predicted molar refractivity (Wildman–Crippen MR) is 84.3 cm³/mol. The first-order valence-corrected chi connectivity index (χ1v) is 7.64. The molecule has 1 heterocycles. The number of hydrogen-bond acceptors (Lipinski definition) is 2. The molecule has 1 atom stereocenters. The second-order valence-electron chi connectivity index (χ2n) is 5.60. The average molecular weight is 330 g/mol. The summed E-state index contributed by atoms with van der Waals surface area (Å²) in [5.41, 5.74) is 0.528. The van der Waals surface area contributed by atoms with Crippen LogP contribution in [0.15, 0.2) is 48.5 Å². The molecule has 2 amide bonds. The van der Waals surface area contributed by atoms with Crippen molar-refractivity contribution in [3.63, 3.8) is 0 Å². The molecule has 6 heteroatoms. The van der Waals surface area contributed by atoms with Gasteiger partial charge in [0.25, 0.3) is 5.91 Å². The van der Waals surface area contributed by atoms with Crippen molar-refractivity contribution in [3.8, 4) is 0 Å². The van der Waals surface area contributed by atoms with E-state index in [9.17, 15) is 18.4 Å². The molecule has 4 nitrogen and oxygen atoms in total. The summed E-state index contributed by atoms with van der Waals surface area (Å²) < 4.78 is 27.3. The Bertz CT molecular complexity index is 765. The lowest BCUT2D eigenvalue weighted by atomic mass is 10.0. The third-order valence-corrected chi connectivity index (χ3v) is 4.05. The van der Waals surface area contributed by atoms with Gasteiger partial charge in [-0.25, -0.2) is 8.78 Å². The van der Waals surface area contributed by atoms with Gasteiger partial charge in [0.05, 0.1) is 5.56 Å². The number of rotatable bonds is 3. The lowest BCUT2D eigenvalue weighted by Gasteiger charge is -2.35. The number of amides is 2. The summed E-state index contributed by atoms with van der Waals surface area (Å²) in [6, 6.07) is 12.0. The Labute approximate surface area is 138 Å². The molecule has 1 aliphatic rings. The van der Waals surface area contributed by atoms with Crippen molar-refractivity contribution in [2.75, 3.05) is 13.1 Å². The summed E-state index contributed by atoms with van der Waals surface area (Å²) in [5, 5.41) is 2.71. The van der Waals surface area contributed by atoms with Crippen LogP contribution in [0.2, 0.25) is 0 Å². The quantitative estimate of drug-likeness (QED) is 0.937. The number of halogens is 2. The van der Waals surface area contributed by atoms with Gasteiger partial charge in [-0.15, -0.1) is 0 Å². The van der Waals surface area contributed by atoms with Crippen LogP contribution in [0.3, 0.4) is 0 Å². The molecule has 0 radical (unpaired) electrons. The SMILES string of the molecule is O=C1NCCN(C(=O)c2cccc(F)c2F)[C@H]1Cc1ccccc1. The summed E-state index contributed by atoms with van der Waals surface area (Å²) in [6.45, 7) is 0.533. The van der Waals surface area contributed by atoms with Crippen LogP contribution in [0, 0.1) is 11.6 Å². The molecular formula is C18H16F2N2O2. The van der Waals surface area contributed by atoms with Gasteiger partial charge in [-0.1, -0.05) is 36.4 Å². The maximum Gasteiger partial charge on any atom is 0.257 e. The lowest BCUT2D eigenvalue weighted by molar-refractivity contribution is -0.127. The van der Waals surface area contributed by atoms with E-state index in [-0.39, 0.29) is 24.6 Å². The number of benzene rings is 2. The average Bonchev–Trinajstić information content (AvgIpc) is 2.59. The highest BCUT2D eigenvalue weighted by molar-refractivity contribution is 5.98. The molecular weight excluding hydrogens is 314 g/mol. The first-order valence-electron chi connectivity index (χ1n) is 7.64. The summed E-state index contributed by atoms with van der Waals surface area (Å²) in [5.74, 6) is -3.24. The molecule has 0 bridgehead atoms. The van der Waals surface area contributed by atoms with E-state index in [4.69, 9.17) is 0 Å². The Morgan fingerprint density at radius 2 is 1.88 bits per heavy atom. The molecule has 0 aromatic heterocycles. The van der Waals surface area contributed by atoms with Crippen LogP contribution in [0.25, 0.3) is 0 Å². The monoisotopic (exact) mass is 330 g/mol. The van der Waals surface area contributed by atoms with Gasteiger partial charge in [-0.05, 0) is 17.7 Å². The summed E-state index contributed by atoms with van der Waals surface area (Å²) in [6.07, 6.45) is 0.315. The van der Waals surface area contributed by atoms with E-state index in [1.54, 1.807) is 0 Å². The Hall–Kier alpha value is -2.76. The number of carbonyl (C=O) groups is 2. The molecule has 0 unspecified atom stereocenters. The van der Waals surface area contributed by atoms with Crippen LogP contribution in [-0.4, -0.2) is 35.8 Å². The van der Waals surface area contributed by atoms with Gasteiger partial charge in [0.1, 0.15) is 6.04 Å². The van der Waals surface area contributed by atoms with E-state index >= 15 is 0 Å². The fraction of sp³-hybridized carbons (Fsp3) is 0.222. The van der Waals surface area contributed by atoms with Gasteiger partial charge >= 0.3 is 0 Å². The van der Waals surface area contributed by atoms with E-state index in [2.05, 4.69) is 5.32 Å². The minimum Gasteiger partial charge on any atom is -0.353 e.